The molecule has 0 aliphatic carbocycles. The van der Waals surface area contributed by atoms with Crippen LogP contribution < -0.4 is 10.0 Å². The van der Waals surface area contributed by atoms with Crippen molar-refractivity contribution in [2.24, 2.45) is 0 Å². The number of hydrogen-bond donors (Lipinski definition) is 2. The third-order valence-corrected chi connectivity index (χ3v) is 5.83. The van der Waals surface area contributed by atoms with Crippen LogP contribution in [0.5, 0.6) is 0 Å². The van der Waals surface area contributed by atoms with Crippen LogP contribution in [0.15, 0.2) is 57.9 Å². The molecule has 30 heavy (non-hydrogen) atoms. The summed E-state index contributed by atoms with van der Waals surface area (Å²) in [6.45, 7) is 7.27. The molecule has 0 bridgehead atoms. The van der Waals surface area contributed by atoms with E-state index in [0.717, 1.165) is 5.56 Å². The van der Waals surface area contributed by atoms with E-state index < -0.39 is 16.1 Å². The van der Waals surface area contributed by atoms with Crippen molar-refractivity contribution in [3.8, 4) is 11.4 Å². The Labute approximate surface area is 175 Å². The van der Waals surface area contributed by atoms with Gasteiger partial charge in [-0.1, -0.05) is 35.0 Å². The van der Waals surface area contributed by atoms with Crippen LogP contribution in [0, 0.1) is 6.92 Å². The number of sulfonamides is 1. The van der Waals surface area contributed by atoms with Crippen LogP contribution in [0.25, 0.3) is 11.4 Å². The number of aromatic nitrogens is 2. The number of aryl methyl sites for hydroxylation is 1. The molecule has 9 heteroatoms. The predicted molar refractivity (Wildman–Crippen MR) is 112 cm³/mol. The lowest BCUT2D eigenvalue weighted by Crippen LogP contribution is -2.30. The molecule has 3 rings (SSSR count). The van der Waals surface area contributed by atoms with Crippen LogP contribution >= 0.6 is 0 Å². The van der Waals surface area contributed by atoms with Gasteiger partial charge < -0.3 is 9.84 Å². The van der Waals surface area contributed by atoms with E-state index in [1.807, 2.05) is 20.8 Å². The topological polar surface area (TPSA) is 114 Å². The molecule has 0 saturated heterocycles. The zero-order valence-electron chi connectivity index (χ0n) is 17.2. The lowest BCUT2D eigenvalue weighted by molar-refractivity contribution is 0.0943. The number of carbonyl (C=O) groups excluding carboxylic acids is 1. The fourth-order valence-electron chi connectivity index (χ4n) is 2.74. The van der Waals surface area contributed by atoms with Crippen molar-refractivity contribution < 1.29 is 17.7 Å². The van der Waals surface area contributed by atoms with Crippen molar-refractivity contribution in [3.63, 3.8) is 0 Å². The Morgan fingerprint density at radius 3 is 2.43 bits per heavy atom. The average Bonchev–Trinajstić information content (AvgIpc) is 3.18. The SMILES string of the molecule is Cc1ccc(S(=O)(=O)NC(C)c2nc(-c3cccc(C(=O)NC(C)C)c3)no2)cc1. The first-order valence-corrected chi connectivity index (χ1v) is 11.0. The summed E-state index contributed by atoms with van der Waals surface area (Å²) < 4.78 is 32.9. The molecule has 158 valence electrons. The number of benzene rings is 2. The molecule has 1 amide bonds. The van der Waals surface area contributed by atoms with Gasteiger partial charge in [-0.25, -0.2) is 8.42 Å². The normalized spacial score (nSPS) is 12.7. The minimum atomic E-state index is -3.74. The highest BCUT2D eigenvalue weighted by atomic mass is 32.2. The van der Waals surface area contributed by atoms with Crippen LogP contribution in [-0.2, 0) is 10.0 Å². The summed E-state index contributed by atoms with van der Waals surface area (Å²) in [5.74, 6) is 0.193. The first-order valence-electron chi connectivity index (χ1n) is 9.49. The maximum Gasteiger partial charge on any atom is 0.251 e. The highest BCUT2D eigenvalue weighted by Crippen LogP contribution is 2.21. The maximum absolute atomic E-state index is 12.6. The molecule has 2 aromatic carbocycles. The van der Waals surface area contributed by atoms with Gasteiger partial charge in [0.25, 0.3) is 5.91 Å². The van der Waals surface area contributed by atoms with E-state index in [9.17, 15) is 13.2 Å². The van der Waals surface area contributed by atoms with E-state index in [1.165, 1.54) is 12.1 Å². The number of nitrogens with zero attached hydrogens (tertiary/aromatic N) is 2. The third-order valence-electron chi connectivity index (χ3n) is 4.28. The highest BCUT2D eigenvalue weighted by Gasteiger charge is 2.23. The number of hydrogen-bond acceptors (Lipinski definition) is 6. The van der Waals surface area contributed by atoms with E-state index >= 15 is 0 Å². The van der Waals surface area contributed by atoms with Gasteiger partial charge in [0.15, 0.2) is 0 Å². The second-order valence-corrected chi connectivity index (χ2v) is 9.04. The Morgan fingerprint density at radius 2 is 1.77 bits per heavy atom. The summed E-state index contributed by atoms with van der Waals surface area (Å²) in [5.41, 5.74) is 2.03. The summed E-state index contributed by atoms with van der Waals surface area (Å²) >= 11 is 0. The van der Waals surface area contributed by atoms with Gasteiger partial charge in [-0.3, -0.25) is 4.79 Å². The van der Waals surface area contributed by atoms with Crippen molar-refractivity contribution in [1.82, 2.24) is 20.2 Å². The molecule has 0 aliphatic heterocycles. The lowest BCUT2D eigenvalue weighted by Gasteiger charge is -2.10. The minimum absolute atomic E-state index is 0.0142. The number of carbonyl (C=O) groups is 1. The number of nitrogens with one attached hydrogen (secondary N) is 2. The number of amides is 1. The van der Waals surface area contributed by atoms with Gasteiger partial charge in [0.05, 0.1) is 10.9 Å². The average molecular weight is 429 g/mol. The van der Waals surface area contributed by atoms with E-state index in [1.54, 1.807) is 43.3 Å². The highest BCUT2D eigenvalue weighted by molar-refractivity contribution is 7.89. The summed E-state index contributed by atoms with van der Waals surface area (Å²) in [6.07, 6.45) is 0. The van der Waals surface area contributed by atoms with Crippen molar-refractivity contribution in [2.45, 2.75) is 44.7 Å². The first-order chi connectivity index (χ1) is 14.2. The molecule has 0 spiro atoms. The molecular formula is C21H24N4O4S. The zero-order chi connectivity index (χ0) is 21.9. The van der Waals surface area contributed by atoms with Crippen molar-refractivity contribution in [2.75, 3.05) is 0 Å². The Kier molecular flexibility index (Phi) is 6.33. The van der Waals surface area contributed by atoms with Gasteiger partial charge in [-0.15, -0.1) is 0 Å². The molecule has 1 aromatic heterocycles. The molecule has 1 heterocycles. The van der Waals surface area contributed by atoms with Gasteiger partial charge in [0.2, 0.25) is 21.7 Å². The van der Waals surface area contributed by atoms with Crippen LogP contribution in [-0.4, -0.2) is 30.5 Å². The molecule has 0 fully saturated rings. The molecule has 0 radical (unpaired) electrons. The van der Waals surface area contributed by atoms with E-state index in [4.69, 9.17) is 4.52 Å². The first kappa shape index (κ1) is 21.7. The molecular weight excluding hydrogens is 404 g/mol. The van der Waals surface area contributed by atoms with E-state index in [0.29, 0.717) is 11.1 Å². The second-order valence-electron chi connectivity index (χ2n) is 7.32. The molecule has 1 atom stereocenters. The van der Waals surface area contributed by atoms with Gasteiger partial charge >= 0.3 is 0 Å². The zero-order valence-corrected chi connectivity index (χ0v) is 18.0. The maximum atomic E-state index is 12.6. The molecule has 0 saturated carbocycles. The van der Waals surface area contributed by atoms with Crippen molar-refractivity contribution in [3.05, 3.63) is 65.5 Å². The third kappa shape index (κ3) is 5.11. The molecule has 2 N–H and O–H groups in total. The molecule has 8 nitrogen and oxygen atoms in total. The largest absolute Gasteiger partial charge is 0.350 e. The van der Waals surface area contributed by atoms with Crippen LogP contribution in [0.4, 0.5) is 0 Å². The fraction of sp³-hybridized carbons (Fsp3) is 0.286. The number of rotatable bonds is 7. The lowest BCUT2D eigenvalue weighted by atomic mass is 10.1. The van der Waals surface area contributed by atoms with Crippen LogP contribution in [0.2, 0.25) is 0 Å². The fourth-order valence-corrected chi connectivity index (χ4v) is 3.94. The Hall–Kier alpha value is -3.04. The quantitative estimate of drug-likeness (QED) is 0.597. The van der Waals surface area contributed by atoms with Gasteiger partial charge in [-0.05, 0) is 52.0 Å². The van der Waals surface area contributed by atoms with Gasteiger partial charge in [0, 0.05) is 17.2 Å². The Balaban J connectivity index is 1.77. The van der Waals surface area contributed by atoms with E-state index in [2.05, 4.69) is 20.2 Å². The molecule has 0 aliphatic rings. The van der Waals surface area contributed by atoms with Gasteiger partial charge in [0.1, 0.15) is 0 Å². The minimum Gasteiger partial charge on any atom is -0.350 e. The van der Waals surface area contributed by atoms with E-state index in [-0.39, 0.29) is 28.6 Å². The summed E-state index contributed by atoms with van der Waals surface area (Å²) in [7, 11) is -3.74. The standard InChI is InChI=1S/C21H24N4O4S/c1-13(2)22-20(26)17-7-5-6-16(12-17)19-23-21(29-24-19)15(4)25-30(27,28)18-10-8-14(3)9-11-18/h5-13,15,25H,1-4H3,(H,22,26). The van der Waals surface area contributed by atoms with Gasteiger partial charge in [-0.2, -0.15) is 9.71 Å². The summed E-state index contributed by atoms with van der Waals surface area (Å²) in [6, 6.07) is 12.7. The second kappa shape index (κ2) is 8.76. The molecule has 1 unspecified atom stereocenters. The van der Waals surface area contributed by atoms with Crippen LogP contribution in [0.1, 0.15) is 48.6 Å². The molecule has 3 aromatic rings. The van der Waals surface area contributed by atoms with Crippen molar-refractivity contribution in [1.29, 1.82) is 0 Å². The monoisotopic (exact) mass is 428 g/mol. The predicted octanol–water partition coefficient (Wildman–Crippen LogP) is 3.22. The smallest absolute Gasteiger partial charge is 0.251 e. The summed E-state index contributed by atoms with van der Waals surface area (Å²) in [4.78, 5) is 16.7. The van der Waals surface area contributed by atoms with Crippen LogP contribution in [0.3, 0.4) is 0 Å². The Morgan fingerprint density at radius 1 is 1.07 bits per heavy atom. The van der Waals surface area contributed by atoms with Crippen molar-refractivity contribution >= 4 is 15.9 Å². The Bertz CT molecular complexity index is 1140. The summed E-state index contributed by atoms with van der Waals surface area (Å²) in [5, 5.41) is 6.76.